The zero-order chi connectivity index (χ0) is 18.6. The summed E-state index contributed by atoms with van der Waals surface area (Å²) in [6, 6.07) is 13.9. The molecule has 1 saturated heterocycles. The lowest BCUT2D eigenvalue weighted by molar-refractivity contribution is -0.117. The SMILES string of the molecule is Cl.Cl.Nc1cc2c(cc1NC(=O)CN1CCN(Cc3ccccc3)CC1)OCO2. The molecule has 29 heavy (non-hydrogen) atoms. The molecule has 9 heteroatoms. The first kappa shape index (κ1) is 23.1. The number of carbonyl (C=O) groups is 1. The molecule has 0 spiro atoms. The minimum Gasteiger partial charge on any atom is -0.454 e. The maximum Gasteiger partial charge on any atom is 0.238 e. The van der Waals surface area contributed by atoms with Crippen molar-refractivity contribution >= 4 is 42.1 Å². The Bertz CT molecular complexity index is 815. The number of rotatable bonds is 5. The van der Waals surface area contributed by atoms with Gasteiger partial charge in [0.15, 0.2) is 11.5 Å². The van der Waals surface area contributed by atoms with Crippen LogP contribution in [0.15, 0.2) is 42.5 Å². The van der Waals surface area contributed by atoms with Gasteiger partial charge in [-0.05, 0) is 5.56 Å². The monoisotopic (exact) mass is 440 g/mol. The third-order valence-corrected chi connectivity index (χ3v) is 4.90. The van der Waals surface area contributed by atoms with Gasteiger partial charge in [0.05, 0.1) is 17.9 Å². The Morgan fingerprint density at radius 1 is 0.966 bits per heavy atom. The maximum absolute atomic E-state index is 12.4. The summed E-state index contributed by atoms with van der Waals surface area (Å²) in [5.41, 5.74) is 8.35. The first-order valence-electron chi connectivity index (χ1n) is 9.15. The van der Waals surface area contributed by atoms with Crippen LogP contribution in [-0.4, -0.2) is 55.2 Å². The highest BCUT2D eigenvalue weighted by molar-refractivity contribution is 5.95. The van der Waals surface area contributed by atoms with E-state index in [1.54, 1.807) is 12.1 Å². The molecule has 7 nitrogen and oxygen atoms in total. The zero-order valence-corrected chi connectivity index (χ0v) is 17.6. The van der Waals surface area contributed by atoms with Crippen LogP contribution in [0.5, 0.6) is 11.5 Å². The number of hydrogen-bond donors (Lipinski definition) is 2. The van der Waals surface area contributed by atoms with Crippen molar-refractivity contribution in [2.24, 2.45) is 0 Å². The minimum absolute atomic E-state index is 0. The largest absolute Gasteiger partial charge is 0.454 e. The summed E-state index contributed by atoms with van der Waals surface area (Å²) in [6.45, 7) is 5.14. The van der Waals surface area contributed by atoms with Crippen molar-refractivity contribution in [3.8, 4) is 11.5 Å². The fourth-order valence-corrected chi connectivity index (χ4v) is 3.41. The predicted octanol–water partition coefficient (Wildman–Crippen LogP) is 2.60. The summed E-state index contributed by atoms with van der Waals surface area (Å²) in [4.78, 5) is 17.0. The molecule has 0 unspecified atom stereocenters. The van der Waals surface area contributed by atoms with Gasteiger partial charge in [-0.2, -0.15) is 0 Å². The van der Waals surface area contributed by atoms with Crippen molar-refractivity contribution in [1.82, 2.24) is 9.80 Å². The van der Waals surface area contributed by atoms with Crippen LogP contribution in [0.4, 0.5) is 11.4 Å². The van der Waals surface area contributed by atoms with Gasteiger partial charge in [0.2, 0.25) is 12.7 Å². The first-order valence-corrected chi connectivity index (χ1v) is 9.15. The van der Waals surface area contributed by atoms with E-state index in [-0.39, 0.29) is 37.5 Å². The molecule has 4 rings (SSSR count). The van der Waals surface area contributed by atoms with Crippen molar-refractivity contribution in [1.29, 1.82) is 0 Å². The van der Waals surface area contributed by atoms with Gasteiger partial charge in [-0.3, -0.25) is 14.6 Å². The molecule has 158 valence electrons. The number of halogens is 2. The van der Waals surface area contributed by atoms with E-state index in [2.05, 4.69) is 39.4 Å². The van der Waals surface area contributed by atoms with E-state index in [1.807, 2.05) is 6.07 Å². The predicted molar refractivity (Wildman–Crippen MR) is 118 cm³/mol. The molecule has 2 heterocycles. The van der Waals surface area contributed by atoms with Crippen molar-refractivity contribution in [2.75, 3.05) is 50.6 Å². The maximum atomic E-state index is 12.4. The molecular weight excluding hydrogens is 415 g/mol. The fraction of sp³-hybridized carbons (Fsp3) is 0.350. The van der Waals surface area contributed by atoms with Crippen LogP contribution < -0.4 is 20.5 Å². The van der Waals surface area contributed by atoms with E-state index in [1.165, 1.54) is 5.56 Å². The second kappa shape index (κ2) is 10.5. The minimum atomic E-state index is -0.0722. The number of nitrogen functional groups attached to an aromatic ring is 1. The second-order valence-corrected chi connectivity index (χ2v) is 6.88. The summed E-state index contributed by atoms with van der Waals surface area (Å²) < 4.78 is 10.6. The van der Waals surface area contributed by atoms with Gasteiger partial charge < -0.3 is 20.5 Å². The van der Waals surface area contributed by atoms with E-state index in [0.717, 1.165) is 32.7 Å². The van der Waals surface area contributed by atoms with Crippen LogP contribution in [0.1, 0.15) is 5.56 Å². The number of amides is 1. The van der Waals surface area contributed by atoms with Gasteiger partial charge in [-0.1, -0.05) is 30.3 Å². The molecule has 1 fully saturated rings. The first-order chi connectivity index (χ1) is 13.2. The van der Waals surface area contributed by atoms with Gasteiger partial charge in [-0.15, -0.1) is 24.8 Å². The average molecular weight is 441 g/mol. The number of nitrogens with zero attached hydrogens (tertiary/aromatic N) is 2. The Kier molecular flexibility index (Phi) is 8.40. The Morgan fingerprint density at radius 3 is 2.28 bits per heavy atom. The van der Waals surface area contributed by atoms with Crippen molar-refractivity contribution in [2.45, 2.75) is 6.54 Å². The highest BCUT2D eigenvalue weighted by atomic mass is 35.5. The molecule has 0 atom stereocenters. The summed E-state index contributed by atoms with van der Waals surface area (Å²) in [5, 5.41) is 2.88. The van der Waals surface area contributed by atoms with E-state index in [4.69, 9.17) is 15.2 Å². The molecule has 1 amide bonds. The summed E-state index contributed by atoms with van der Waals surface area (Å²) in [7, 11) is 0. The Morgan fingerprint density at radius 2 is 1.59 bits per heavy atom. The number of piperazine rings is 1. The fourth-order valence-electron chi connectivity index (χ4n) is 3.41. The lowest BCUT2D eigenvalue weighted by Crippen LogP contribution is -2.48. The van der Waals surface area contributed by atoms with E-state index in [9.17, 15) is 4.79 Å². The normalized spacial score (nSPS) is 15.9. The number of ether oxygens (including phenoxy) is 2. The third kappa shape index (κ3) is 5.90. The number of carbonyl (C=O) groups excluding carboxylic acids is 1. The number of anilines is 2. The van der Waals surface area contributed by atoms with Crippen LogP contribution in [0.25, 0.3) is 0 Å². The molecule has 3 N–H and O–H groups in total. The quantitative estimate of drug-likeness (QED) is 0.695. The Balaban J connectivity index is 0.00000150. The molecular formula is C20H26Cl2N4O3. The van der Waals surface area contributed by atoms with Crippen LogP contribution >= 0.6 is 24.8 Å². The van der Waals surface area contributed by atoms with E-state index in [0.29, 0.717) is 29.4 Å². The van der Waals surface area contributed by atoms with Crippen molar-refractivity contribution in [3.05, 3.63) is 48.0 Å². The zero-order valence-electron chi connectivity index (χ0n) is 16.0. The summed E-state index contributed by atoms with van der Waals surface area (Å²) in [6.07, 6.45) is 0. The summed E-state index contributed by atoms with van der Waals surface area (Å²) in [5.74, 6) is 1.14. The lowest BCUT2D eigenvalue weighted by Gasteiger charge is -2.34. The van der Waals surface area contributed by atoms with E-state index >= 15 is 0 Å². The van der Waals surface area contributed by atoms with Crippen molar-refractivity contribution < 1.29 is 14.3 Å². The molecule has 2 aliphatic heterocycles. The lowest BCUT2D eigenvalue weighted by atomic mass is 10.2. The molecule has 2 aromatic carbocycles. The van der Waals surface area contributed by atoms with Crippen LogP contribution in [0.3, 0.4) is 0 Å². The molecule has 0 radical (unpaired) electrons. The molecule has 0 bridgehead atoms. The number of fused-ring (bicyclic) bond motifs is 1. The topological polar surface area (TPSA) is 80.1 Å². The number of nitrogens with two attached hydrogens (primary N) is 1. The average Bonchev–Trinajstić information content (AvgIpc) is 3.11. The highest BCUT2D eigenvalue weighted by Gasteiger charge is 2.21. The number of benzene rings is 2. The molecule has 0 saturated carbocycles. The summed E-state index contributed by atoms with van der Waals surface area (Å²) >= 11 is 0. The molecule has 2 aromatic rings. The highest BCUT2D eigenvalue weighted by Crippen LogP contribution is 2.38. The van der Waals surface area contributed by atoms with Gasteiger partial charge in [0.25, 0.3) is 0 Å². The number of nitrogens with one attached hydrogen (secondary N) is 1. The van der Waals surface area contributed by atoms with Crippen LogP contribution in [0, 0.1) is 0 Å². The smallest absolute Gasteiger partial charge is 0.238 e. The Labute approximate surface area is 183 Å². The van der Waals surface area contributed by atoms with Crippen LogP contribution in [0.2, 0.25) is 0 Å². The van der Waals surface area contributed by atoms with Gasteiger partial charge in [0, 0.05) is 44.9 Å². The van der Waals surface area contributed by atoms with Gasteiger partial charge >= 0.3 is 0 Å². The third-order valence-electron chi connectivity index (χ3n) is 4.90. The second-order valence-electron chi connectivity index (χ2n) is 6.88. The standard InChI is InChI=1S/C20H24N4O3.2ClH/c21-16-10-18-19(27-14-26-18)11-17(16)22-20(25)13-24-8-6-23(7-9-24)12-15-4-2-1-3-5-15;;/h1-5,10-11H,6-9,12-14,21H2,(H,22,25);2*1H. The van der Waals surface area contributed by atoms with Crippen molar-refractivity contribution in [3.63, 3.8) is 0 Å². The molecule has 0 aliphatic carbocycles. The van der Waals surface area contributed by atoms with Gasteiger partial charge in [0.1, 0.15) is 0 Å². The van der Waals surface area contributed by atoms with Gasteiger partial charge in [-0.25, -0.2) is 0 Å². The van der Waals surface area contributed by atoms with Crippen LogP contribution in [-0.2, 0) is 11.3 Å². The molecule has 0 aromatic heterocycles. The Hall–Kier alpha value is -2.19. The molecule has 2 aliphatic rings. The van der Waals surface area contributed by atoms with E-state index < -0.39 is 0 Å². The number of hydrogen-bond acceptors (Lipinski definition) is 6.